The molecule has 3 aliphatic rings. The number of hydrogen-bond acceptors (Lipinski definition) is 4. The van der Waals surface area contributed by atoms with E-state index in [1.807, 2.05) is 12.4 Å². The molecular formula is C23H33N5O. The van der Waals surface area contributed by atoms with Gasteiger partial charge in [-0.15, -0.1) is 0 Å². The molecular weight excluding hydrogens is 362 g/mol. The van der Waals surface area contributed by atoms with E-state index in [1.165, 1.54) is 70.9 Å². The number of nitrogens with zero attached hydrogens (tertiary/aromatic N) is 4. The van der Waals surface area contributed by atoms with Crippen LogP contribution < -0.4 is 5.32 Å². The summed E-state index contributed by atoms with van der Waals surface area (Å²) >= 11 is 0. The van der Waals surface area contributed by atoms with Crippen LogP contribution in [0.1, 0.15) is 80.6 Å². The Balaban J connectivity index is 1.19. The molecule has 5 rings (SSSR count). The Hall–Kier alpha value is -1.95. The van der Waals surface area contributed by atoms with Crippen LogP contribution in [0, 0.1) is 5.92 Å². The normalized spacial score (nSPS) is 25.9. The second kappa shape index (κ2) is 8.42. The summed E-state index contributed by atoms with van der Waals surface area (Å²) in [6.07, 6.45) is 16.3. The molecule has 0 aromatic carbocycles. The molecule has 2 aliphatic heterocycles. The second-order valence-electron chi connectivity index (χ2n) is 9.20. The first-order valence-corrected chi connectivity index (χ1v) is 11.6. The summed E-state index contributed by atoms with van der Waals surface area (Å²) in [5, 5.41) is 3.14. The lowest BCUT2D eigenvalue weighted by atomic mass is 9.82. The lowest BCUT2D eigenvalue weighted by molar-refractivity contribution is 0.0554. The van der Waals surface area contributed by atoms with Gasteiger partial charge in [-0.2, -0.15) is 0 Å². The Labute approximate surface area is 173 Å². The van der Waals surface area contributed by atoms with Gasteiger partial charge in [-0.05, 0) is 70.0 Å². The highest BCUT2D eigenvalue weighted by Gasteiger charge is 2.32. The molecule has 0 radical (unpaired) electrons. The largest absolute Gasteiger partial charge is 0.352 e. The van der Waals surface area contributed by atoms with Gasteiger partial charge in [-0.1, -0.05) is 19.3 Å². The number of amides is 1. The van der Waals surface area contributed by atoms with Crippen LogP contribution >= 0.6 is 0 Å². The summed E-state index contributed by atoms with van der Waals surface area (Å²) in [4.78, 5) is 24.5. The molecule has 2 atom stereocenters. The average molecular weight is 396 g/mol. The third kappa shape index (κ3) is 3.91. The zero-order valence-corrected chi connectivity index (χ0v) is 17.4. The van der Waals surface area contributed by atoms with E-state index in [1.54, 1.807) is 6.20 Å². The first-order chi connectivity index (χ1) is 14.3. The van der Waals surface area contributed by atoms with Crippen molar-refractivity contribution in [3.8, 4) is 0 Å². The molecule has 2 saturated heterocycles. The maximum absolute atomic E-state index is 12.7. The van der Waals surface area contributed by atoms with E-state index in [0.29, 0.717) is 11.6 Å². The predicted molar refractivity (Wildman–Crippen MR) is 114 cm³/mol. The maximum Gasteiger partial charge on any atom is 0.252 e. The van der Waals surface area contributed by atoms with E-state index >= 15 is 0 Å². The summed E-state index contributed by atoms with van der Waals surface area (Å²) in [5.41, 5.74) is 2.36. The minimum atomic E-state index is -0.0221. The fourth-order valence-electron chi connectivity index (χ4n) is 5.88. The van der Waals surface area contributed by atoms with Crippen LogP contribution in [-0.4, -0.2) is 51.0 Å². The summed E-state index contributed by atoms with van der Waals surface area (Å²) < 4.78 is 2.20. The lowest BCUT2D eigenvalue weighted by Gasteiger charge is -2.44. The van der Waals surface area contributed by atoms with Crippen molar-refractivity contribution in [1.29, 1.82) is 0 Å². The molecule has 1 aliphatic carbocycles. The monoisotopic (exact) mass is 395 g/mol. The molecule has 6 heteroatoms. The molecule has 2 aromatic rings. The van der Waals surface area contributed by atoms with Gasteiger partial charge in [0.15, 0.2) is 5.65 Å². The van der Waals surface area contributed by atoms with Crippen LogP contribution in [0.4, 0.5) is 0 Å². The van der Waals surface area contributed by atoms with Gasteiger partial charge >= 0.3 is 0 Å². The van der Waals surface area contributed by atoms with Crippen molar-refractivity contribution < 1.29 is 4.79 Å². The third-order valence-corrected chi connectivity index (χ3v) is 7.42. The van der Waals surface area contributed by atoms with Gasteiger partial charge in [0, 0.05) is 24.8 Å². The number of hydrogen-bond donors (Lipinski definition) is 1. The van der Waals surface area contributed by atoms with Crippen LogP contribution in [-0.2, 0) is 0 Å². The molecule has 156 valence electrons. The molecule has 0 spiro atoms. The first kappa shape index (κ1) is 19.0. The van der Waals surface area contributed by atoms with Crippen molar-refractivity contribution in [3.63, 3.8) is 0 Å². The van der Waals surface area contributed by atoms with Gasteiger partial charge in [-0.25, -0.2) is 9.97 Å². The van der Waals surface area contributed by atoms with Crippen LogP contribution in [0.25, 0.3) is 11.2 Å². The number of rotatable bonds is 5. The van der Waals surface area contributed by atoms with Crippen LogP contribution in [0.3, 0.4) is 0 Å². The molecule has 4 heterocycles. The van der Waals surface area contributed by atoms with Gasteiger partial charge in [-0.3, -0.25) is 4.79 Å². The van der Waals surface area contributed by atoms with E-state index in [4.69, 9.17) is 0 Å². The van der Waals surface area contributed by atoms with Crippen molar-refractivity contribution in [2.24, 2.45) is 5.92 Å². The number of piperidine rings is 2. The van der Waals surface area contributed by atoms with E-state index in [-0.39, 0.29) is 5.91 Å². The number of carbonyl (C=O) groups excluding carboxylic acids is 1. The van der Waals surface area contributed by atoms with Crippen molar-refractivity contribution >= 4 is 17.1 Å². The zero-order chi connectivity index (χ0) is 19.6. The molecule has 0 bridgehead atoms. The Kier molecular flexibility index (Phi) is 5.53. The Morgan fingerprint density at radius 3 is 2.76 bits per heavy atom. The number of nitrogens with one attached hydrogen (secondary N) is 1. The van der Waals surface area contributed by atoms with Gasteiger partial charge in [0.05, 0.1) is 11.9 Å². The van der Waals surface area contributed by atoms with Crippen molar-refractivity contribution in [3.05, 3.63) is 24.2 Å². The molecule has 3 fully saturated rings. The second-order valence-corrected chi connectivity index (χ2v) is 9.20. The number of imidazole rings is 1. The lowest BCUT2D eigenvalue weighted by Crippen LogP contribution is -2.48. The average Bonchev–Trinajstić information content (AvgIpc) is 3.43. The number of aromatic nitrogens is 3. The minimum absolute atomic E-state index is 0.0221. The maximum atomic E-state index is 12.7. The van der Waals surface area contributed by atoms with Gasteiger partial charge < -0.3 is 14.8 Å². The third-order valence-electron chi connectivity index (χ3n) is 7.42. The van der Waals surface area contributed by atoms with E-state index < -0.39 is 0 Å². The summed E-state index contributed by atoms with van der Waals surface area (Å²) in [6.45, 7) is 3.29. The molecule has 0 unspecified atom stereocenters. The van der Waals surface area contributed by atoms with E-state index in [2.05, 4.69) is 24.8 Å². The number of pyridine rings is 1. The highest BCUT2D eigenvalue weighted by molar-refractivity contribution is 5.96. The summed E-state index contributed by atoms with van der Waals surface area (Å²) in [5.74, 6) is 0.707. The molecule has 1 N–H and O–H groups in total. The van der Waals surface area contributed by atoms with Crippen molar-refractivity contribution in [2.75, 3.05) is 19.6 Å². The smallest absolute Gasteiger partial charge is 0.252 e. The fourth-order valence-corrected chi connectivity index (χ4v) is 5.88. The van der Waals surface area contributed by atoms with Gasteiger partial charge in [0.2, 0.25) is 0 Å². The fraction of sp³-hybridized carbons (Fsp3) is 0.696. The molecule has 6 nitrogen and oxygen atoms in total. The zero-order valence-electron chi connectivity index (χ0n) is 17.4. The number of carbonyl (C=O) groups is 1. The van der Waals surface area contributed by atoms with Crippen molar-refractivity contribution in [2.45, 2.75) is 76.3 Å². The quantitative estimate of drug-likeness (QED) is 0.833. The highest BCUT2D eigenvalue weighted by atomic mass is 16.1. The molecule has 1 amide bonds. The first-order valence-electron chi connectivity index (χ1n) is 11.6. The van der Waals surface area contributed by atoms with Crippen LogP contribution in [0.2, 0.25) is 0 Å². The number of fused-ring (bicyclic) bond motifs is 2. The van der Waals surface area contributed by atoms with Crippen molar-refractivity contribution in [1.82, 2.24) is 24.8 Å². The topological polar surface area (TPSA) is 63.1 Å². The summed E-state index contributed by atoms with van der Waals surface area (Å²) in [6, 6.07) is 3.15. The Morgan fingerprint density at radius 1 is 1.03 bits per heavy atom. The summed E-state index contributed by atoms with van der Waals surface area (Å²) in [7, 11) is 0. The SMILES string of the molecule is O=C(NCC[C@@H]1CCCN2CCCC[C@H]12)c1cnc2c(c1)ncn2C1CCCC1. The van der Waals surface area contributed by atoms with Gasteiger partial charge in [0.1, 0.15) is 5.52 Å². The standard InChI is InChI=1S/C23H33N5O/c29-23(24-11-10-17-6-5-13-27-12-4-3-9-21(17)27)18-14-20-22(25-15-18)28(16-26-20)19-7-1-2-8-19/h14-17,19,21H,1-13H2,(H,24,29)/t17-,21+/m0/s1. The van der Waals surface area contributed by atoms with Gasteiger partial charge in [0.25, 0.3) is 5.91 Å². The Morgan fingerprint density at radius 2 is 1.86 bits per heavy atom. The molecule has 29 heavy (non-hydrogen) atoms. The van der Waals surface area contributed by atoms with E-state index in [9.17, 15) is 4.79 Å². The molecule has 2 aromatic heterocycles. The molecule has 1 saturated carbocycles. The highest BCUT2D eigenvalue weighted by Crippen LogP contribution is 2.33. The predicted octanol–water partition coefficient (Wildman–Crippen LogP) is 3.93. The minimum Gasteiger partial charge on any atom is -0.352 e. The Bertz CT molecular complexity index is 854. The van der Waals surface area contributed by atoms with E-state index in [0.717, 1.165) is 36.1 Å². The van der Waals surface area contributed by atoms with Crippen LogP contribution in [0.5, 0.6) is 0 Å². The van der Waals surface area contributed by atoms with Crippen LogP contribution in [0.15, 0.2) is 18.6 Å².